The number of rotatable bonds is 6. The number of furan rings is 1. The van der Waals surface area contributed by atoms with Gasteiger partial charge in [-0.25, -0.2) is 0 Å². The monoisotopic (exact) mass is 702 g/mol. The molecule has 0 unspecified atom stereocenters. The third-order valence-corrected chi connectivity index (χ3v) is 11.0. The van der Waals surface area contributed by atoms with Gasteiger partial charge in [-0.3, -0.25) is 0 Å². The summed E-state index contributed by atoms with van der Waals surface area (Å²) in [6.45, 7) is 0. The van der Waals surface area contributed by atoms with Crippen LogP contribution < -0.4 is 4.90 Å². The Morgan fingerprint density at radius 1 is 0.382 bits per heavy atom. The largest absolute Gasteiger partial charge is 0.454 e. The van der Waals surface area contributed by atoms with E-state index in [1.54, 1.807) is 0 Å². The molecular formula is C52H34N2O. The molecule has 55 heavy (non-hydrogen) atoms. The molecule has 3 nitrogen and oxygen atoms in total. The summed E-state index contributed by atoms with van der Waals surface area (Å²) in [7, 11) is 0. The van der Waals surface area contributed by atoms with Crippen molar-refractivity contribution in [3.63, 3.8) is 0 Å². The minimum atomic E-state index is 0.861. The highest BCUT2D eigenvalue weighted by molar-refractivity contribution is 6.11. The van der Waals surface area contributed by atoms with Gasteiger partial charge in [0, 0.05) is 38.5 Å². The van der Waals surface area contributed by atoms with Gasteiger partial charge in [0.1, 0.15) is 5.58 Å². The second-order valence-electron chi connectivity index (χ2n) is 14.1. The predicted molar refractivity (Wildman–Crippen MR) is 231 cm³/mol. The number of hydrogen-bond donors (Lipinski definition) is 0. The minimum absolute atomic E-state index is 0.861. The van der Waals surface area contributed by atoms with E-state index in [0.29, 0.717) is 0 Å². The summed E-state index contributed by atoms with van der Waals surface area (Å²) in [5.74, 6) is 0. The van der Waals surface area contributed by atoms with Crippen molar-refractivity contribution in [1.82, 2.24) is 4.57 Å². The van der Waals surface area contributed by atoms with Gasteiger partial charge in [0.25, 0.3) is 0 Å². The van der Waals surface area contributed by atoms with Crippen LogP contribution in [0.3, 0.4) is 0 Å². The van der Waals surface area contributed by atoms with E-state index in [0.717, 1.165) is 55.8 Å². The van der Waals surface area contributed by atoms with Crippen molar-refractivity contribution in [2.75, 3.05) is 4.90 Å². The molecule has 11 rings (SSSR count). The van der Waals surface area contributed by atoms with Crippen molar-refractivity contribution in [2.45, 2.75) is 0 Å². The summed E-state index contributed by atoms with van der Waals surface area (Å²) in [5.41, 5.74) is 13.1. The first kappa shape index (κ1) is 31.2. The average molecular weight is 703 g/mol. The van der Waals surface area contributed by atoms with Gasteiger partial charge in [-0.05, 0) is 82.1 Å². The predicted octanol–water partition coefficient (Wildman–Crippen LogP) is 14.6. The second kappa shape index (κ2) is 12.6. The Morgan fingerprint density at radius 3 is 1.80 bits per heavy atom. The van der Waals surface area contributed by atoms with Crippen LogP contribution in [-0.4, -0.2) is 4.57 Å². The Hall–Kier alpha value is -7.36. The molecule has 2 aromatic heterocycles. The van der Waals surface area contributed by atoms with Crippen LogP contribution in [0, 0.1) is 0 Å². The van der Waals surface area contributed by atoms with E-state index in [1.165, 1.54) is 43.7 Å². The topological polar surface area (TPSA) is 21.3 Å². The summed E-state index contributed by atoms with van der Waals surface area (Å²) < 4.78 is 9.06. The molecule has 0 saturated carbocycles. The first-order valence-corrected chi connectivity index (χ1v) is 18.8. The molecule has 2 heterocycles. The van der Waals surface area contributed by atoms with E-state index < -0.39 is 0 Å². The normalized spacial score (nSPS) is 11.6. The van der Waals surface area contributed by atoms with E-state index in [1.807, 2.05) is 12.1 Å². The molecule has 0 spiro atoms. The van der Waals surface area contributed by atoms with Crippen molar-refractivity contribution in [1.29, 1.82) is 0 Å². The number of aromatic nitrogens is 1. The fourth-order valence-electron chi connectivity index (χ4n) is 8.51. The standard InChI is InChI=1S/C52H34N2O/c1-2-18-40-35(14-1)15-12-23-41(40)37-16-11-17-39(34-37)53(50-28-13-24-46-45-22-6-10-29-51(45)55-52(46)50)38-32-30-36(31-33-38)42-19-3-7-25-47(42)54-48-26-8-4-20-43(48)44-21-5-9-27-49(44)54/h1-34H. The van der Waals surface area contributed by atoms with Crippen molar-refractivity contribution < 1.29 is 4.42 Å². The SMILES string of the molecule is c1cc(-c2cccc3ccccc23)cc(N(c2ccc(-c3ccccc3-n3c4ccccc4c4ccccc43)cc2)c2cccc3c2oc2ccccc23)c1. The van der Waals surface area contributed by atoms with Gasteiger partial charge in [-0.15, -0.1) is 0 Å². The van der Waals surface area contributed by atoms with Crippen LogP contribution in [0.5, 0.6) is 0 Å². The highest BCUT2D eigenvalue weighted by Crippen LogP contribution is 2.44. The molecule has 0 aliphatic rings. The number of anilines is 3. The lowest BCUT2D eigenvalue weighted by atomic mass is 9.97. The molecule has 0 aliphatic carbocycles. The number of para-hydroxylation sites is 5. The molecule has 0 atom stereocenters. The lowest BCUT2D eigenvalue weighted by Crippen LogP contribution is -2.10. The molecular weight excluding hydrogens is 669 g/mol. The molecule has 0 saturated heterocycles. The Balaban J connectivity index is 1.09. The van der Waals surface area contributed by atoms with Crippen LogP contribution in [0.1, 0.15) is 0 Å². The van der Waals surface area contributed by atoms with Crippen molar-refractivity contribution in [3.8, 4) is 27.9 Å². The van der Waals surface area contributed by atoms with Gasteiger partial charge >= 0.3 is 0 Å². The van der Waals surface area contributed by atoms with Crippen molar-refractivity contribution in [2.24, 2.45) is 0 Å². The Morgan fingerprint density at radius 2 is 0.982 bits per heavy atom. The number of benzene rings is 9. The van der Waals surface area contributed by atoms with E-state index in [4.69, 9.17) is 4.42 Å². The maximum atomic E-state index is 6.66. The fourth-order valence-corrected chi connectivity index (χ4v) is 8.51. The number of hydrogen-bond acceptors (Lipinski definition) is 2. The van der Waals surface area contributed by atoms with Crippen molar-refractivity contribution >= 4 is 71.6 Å². The quantitative estimate of drug-likeness (QED) is 0.172. The fraction of sp³-hybridized carbons (Fsp3) is 0. The Bertz CT molecular complexity index is 3160. The van der Waals surface area contributed by atoms with Gasteiger partial charge in [0.15, 0.2) is 5.58 Å². The molecule has 0 N–H and O–H groups in total. The molecule has 9 aromatic carbocycles. The van der Waals surface area contributed by atoms with Crippen LogP contribution in [0.15, 0.2) is 211 Å². The summed E-state index contributed by atoms with van der Waals surface area (Å²) in [4.78, 5) is 2.34. The molecule has 0 amide bonds. The molecule has 0 radical (unpaired) electrons. The second-order valence-corrected chi connectivity index (χ2v) is 14.1. The zero-order valence-corrected chi connectivity index (χ0v) is 29.9. The molecule has 11 aromatic rings. The van der Waals surface area contributed by atoms with E-state index in [-0.39, 0.29) is 0 Å². The number of fused-ring (bicyclic) bond motifs is 7. The van der Waals surface area contributed by atoms with Crippen molar-refractivity contribution in [3.05, 3.63) is 206 Å². The highest BCUT2D eigenvalue weighted by atomic mass is 16.3. The third-order valence-electron chi connectivity index (χ3n) is 11.0. The molecule has 0 fully saturated rings. The van der Waals surface area contributed by atoms with Crippen LogP contribution in [0.4, 0.5) is 17.1 Å². The van der Waals surface area contributed by atoms with Gasteiger partial charge in [-0.2, -0.15) is 0 Å². The molecule has 0 bridgehead atoms. The maximum Gasteiger partial charge on any atom is 0.159 e. The first-order chi connectivity index (χ1) is 27.3. The first-order valence-electron chi connectivity index (χ1n) is 18.8. The molecule has 3 heteroatoms. The maximum absolute atomic E-state index is 6.66. The van der Waals surface area contributed by atoms with E-state index in [9.17, 15) is 0 Å². The molecule has 0 aliphatic heterocycles. The van der Waals surface area contributed by atoms with Gasteiger partial charge in [0.05, 0.1) is 22.4 Å². The lowest BCUT2D eigenvalue weighted by molar-refractivity contribution is 0.669. The zero-order chi connectivity index (χ0) is 36.3. The number of nitrogens with zero attached hydrogens (tertiary/aromatic N) is 2. The van der Waals surface area contributed by atoms with Gasteiger partial charge in [-0.1, -0.05) is 152 Å². The van der Waals surface area contributed by atoms with Crippen LogP contribution in [0.2, 0.25) is 0 Å². The molecule has 258 valence electrons. The van der Waals surface area contributed by atoms with Crippen LogP contribution in [-0.2, 0) is 0 Å². The zero-order valence-electron chi connectivity index (χ0n) is 29.9. The van der Waals surface area contributed by atoms with E-state index in [2.05, 4.69) is 204 Å². The highest BCUT2D eigenvalue weighted by Gasteiger charge is 2.21. The summed E-state index contributed by atoms with van der Waals surface area (Å²) in [6.07, 6.45) is 0. The van der Waals surface area contributed by atoms with Crippen LogP contribution >= 0.6 is 0 Å². The van der Waals surface area contributed by atoms with Gasteiger partial charge < -0.3 is 13.9 Å². The Labute approximate surface area is 318 Å². The summed E-state index contributed by atoms with van der Waals surface area (Å²) >= 11 is 0. The van der Waals surface area contributed by atoms with E-state index >= 15 is 0 Å². The van der Waals surface area contributed by atoms with Crippen LogP contribution in [0.25, 0.3) is 82.5 Å². The lowest BCUT2D eigenvalue weighted by Gasteiger charge is -2.26. The minimum Gasteiger partial charge on any atom is -0.454 e. The third kappa shape index (κ3) is 5.05. The average Bonchev–Trinajstić information content (AvgIpc) is 3.81. The smallest absolute Gasteiger partial charge is 0.159 e. The van der Waals surface area contributed by atoms with Gasteiger partial charge in [0.2, 0.25) is 0 Å². The summed E-state index contributed by atoms with van der Waals surface area (Å²) in [6, 6.07) is 73.9. The Kier molecular flexibility index (Phi) is 7.17. The summed E-state index contributed by atoms with van der Waals surface area (Å²) in [5, 5.41) is 7.18.